The molecule has 0 spiro atoms. The molecule has 0 saturated carbocycles. The van der Waals surface area contributed by atoms with Crippen molar-refractivity contribution < 1.29 is 0 Å². The van der Waals surface area contributed by atoms with Gasteiger partial charge in [0.1, 0.15) is 6.33 Å². The first-order valence-corrected chi connectivity index (χ1v) is 5.80. The summed E-state index contributed by atoms with van der Waals surface area (Å²) < 4.78 is 1.64. The molecule has 0 bridgehead atoms. The molecule has 0 radical (unpaired) electrons. The lowest BCUT2D eigenvalue weighted by Gasteiger charge is -1.97. The molecule has 1 aromatic carbocycles. The van der Waals surface area contributed by atoms with Gasteiger partial charge in [-0.1, -0.05) is 29.8 Å². The molecule has 0 aliphatic carbocycles. The van der Waals surface area contributed by atoms with E-state index in [-0.39, 0.29) is 0 Å². The zero-order valence-corrected chi connectivity index (χ0v) is 10.1. The van der Waals surface area contributed by atoms with Crippen molar-refractivity contribution in [3.63, 3.8) is 0 Å². The smallest absolute Gasteiger partial charge is 0.181 e. The molecule has 0 amide bonds. The summed E-state index contributed by atoms with van der Waals surface area (Å²) >= 11 is 5.94. The molecular weight excluding hydrogens is 248 g/mol. The number of halogens is 1. The monoisotopic (exact) mass is 256 g/mol. The van der Waals surface area contributed by atoms with Gasteiger partial charge in [-0.25, -0.2) is 14.6 Å². The van der Waals surface area contributed by atoms with E-state index < -0.39 is 0 Å². The largest absolute Gasteiger partial charge is 0.237 e. The van der Waals surface area contributed by atoms with Crippen LogP contribution in [0.4, 0.5) is 0 Å². The van der Waals surface area contributed by atoms with Gasteiger partial charge in [0.15, 0.2) is 11.6 Å². The van der Waals surface area contributed by atoms with Gasteiger partial charge in [0.2, 0.25) is 0 Å². The van der Waals surface area contributed by atoms with Gasteiger partial charge in [0.05, 0.1) is 0 Å². The molecule has 0 aliphatic heterocycles. The van der Waals surface area contributed by atoms with Crippen molar-refractivity contribution in [1.29, 1.82) is 0 Å². The van der Waals surface area contributed by atoms with Gasteiger partial charge in [-0.05, 0) is 24.3 Å². The van der Waals surface area contributed by atoms with Crippen molar-refractivity contribution in [1.82, 2.24) is 19.7 Å². The average Bonchev–Trinajstić information content (AvgIpc) is 2.89. The summed E-state index contributed by atoms with van der Waals surface area (Å²) in [6, 6.07) is 13.1. The van der Waals surface area contributed by atoms with E-state index in [1.54, 1.807) is 17.2 Å². The van der Waals surface area contributed by atoms with Crippen LogP contribution in [0.15, 0.2) is 55.0 Å². The number of hydrogen-bond donors (Lipinski definition) is 0. The first-order chi connectivity index (χ1) is 8.83. The Labute approximate surface area is 109 Å². The van der Waals surface area contributed by atoms with E-state index in [1.807, 2.05) is 42.5 Å². The Balaban J connectivity index is 2.00. The standard InChI is InChI=1S/C13H9ClN4/c14-11-5-3-4-10(8-11)13-16-9-18(17-13)12-6-1-2-7-15-12/h1-9H. The van der Waals surface area contributed by atoms with Crippen LogP contribution in [0.5, 0.6) is 0 Å². The number of aromatic nitrogens is 4. The maximum Gasteiger partial charge on any atom is 0.181 e. The molecule has 5 heteroatoms. The highest BCUT2D eigenvalue weighted by molar-refractivity contribution is 6.30. The van der Waals surface area contributed by atoms with Gasteiger partial charge in [0.25, 0.3) is 0 Å². The fraction of sp³-hybridized carbons (Fsp3) is 0. The Kier molecular flexibility index (Phi) is 2.78. The lowest BCUT2D eigenvalue weighted by molar-refractivity contribution is 0.848. The van der Waals surface area contributed by atoms with E-state index in [0.717, 1.165) is 11.4 Å². The van der Waals surface area contributed by atoms with E-state index in [2.05, 4.69) is 15.1 Å². The van der Waals surface area contributed by atoms with E-state index in [9.17, 15) is 0 Å². The molecule has 0 saturated heterocycles. The Hall–Kier alpha value is -2.20. The molecule has 2 heterocycles. The van der Waals surface area contributed by atoms with Crippen molar-refractivity contribution in [2.24, 2.45) is 0 Å². The second-order valence-corrected chi connectivity index (χ2v) is 4.15. The maximum absolute atomic E-state index is 5.94. The molecule has 0 N–H and O–H groups in total. The van der Waals surface area contributed by atoms with Crippen molar-refractivity contribution >= 4 is 11.6 Å². The van der Waals surface area contributed by atoms with Crippen LogP contribution >= 0.6 is 11.6 Å². The molecule has 2 aromatic heterocycles. The second kappa shape index (κ2) is 4.58. The first kappa shape index (κ1) is 10.9. The minimum Gasteiger partial charge on any atom is -0.237 e. The highest BCUT2D eigenvalue weighted by Crippen LogP contribution is 2.19. The normalized spacial score (nSPS) is 10.5. The average molecular weight is 257 g/mol. The SMILES string of the molecule is Clc1cccc(-c2ncn(-c3ccccn3)n2)c1. The predicted molar refractivity (Wildman–Crippen MR) is 69.6 cm³/mol. The van der Waals surface area contributed by atoms with Crippen molar-refractivity contribution in [2.45, 2.75) is 0 Å². The summed E-state index contributed by atoms with van der Waals surface area (Å²) in [5.41, 5.74) is 0.886. The minimum absolute atomic E-state index is 0.628. The summed E-state index contributed by atoms with van der Waals surface area (Å²) in [4.78, 5) is 8.47. The van der Waals surface area contributed by atoms with Gasteiger partial charge in [-0.3, -0.25) is 0 Å². The lowest BCUT2D eigenvalue weighted by Crippen LogP contribution is -1.97. The van der Waals surface area contributed by atoms with Crippen LogP contribution in [-0.2, 0) is 0 Å². The summed E-state index contributed by atoms with van der Waals surface area (Å²) in [5, 5.41) is 5.04. The van der Waals surface area contributed by atoms with E-state index in [4.69, 9.17) is 11.6 Å². The Bertz CT molecular complexity index is 664. The molecule has 88 valence electrons. The van der Waals surface area contributed by atoms with Crippen LogP contribution < -0.4 is 0 Å². The van der Waals surface area contributed by atoms with Crippen LogP contribution in [0.3, 0.4) is 0 Å². The number of nitrogens with zero attached hydrogens (tertiary/aromatic N) is 4. The third-order valence-corrected chi connectivity index (χ3v) is 2.69. The van der Waals surface area contributed by atoms with E-state index in [1.165, 1.54) is 0 Å². The quantitative estimate of drug-likeness (QED) is 0.708. The molecule has 0 aliphatic rings. The first-order valence-electron chi connectivity index (χ1n) is 5.42. The Morgan fingerprint density at radius 2 is 1.94 bits per heavy atom. The van der Waals surface area contributed by atoms with Crippen molar-refractivity contribution in [3.05, 3.63) is 60.0 Å². The molecule has 4 nitrogen and oxygen atoms in total. The highest BCUT2D eigenvalue weighted by atomic mass is 35.5. The third-order valence-electron chi connectivity index (χ3n) is 2.46. The molecular formula is C13H9ClN4. The Morgan fingerprint density at radius 1 is 1.00 bits per heavy atom. The molecule has 0 unspecified atom stereocenters. The topological polar surface area (TPSA) is 43.6 Å². The number of pyridine rings is 1. The molecule has 3 aromatic rings. The van der Waals surface area contributed by atoms with Crippen molar-refractivity contribution in [2.75, 3.05) is 0 Å². The maximum atomic E-state index is 5.94. The van der Waals surface area contributed by atoms with Crippen LogP contribution in [-0.4, -0.2) is 19.7 Å². The van der Waals surface area contributed by atoms with Gasteiger partial charge in [-0.15, -0.1) is 5.10 Å². The van der Waals surface area contributed by atoms with Gasteiger partial charge in [-0.2, -0.15) is 0 Å². The predicted octanol–water partition coefficient (Wildman–Crippen LogP) is 2.98. The van der Waals surface area contributed by atoms with E-state index >= 15 is 0 Å². The fourth-order valence-electron chi connectivity index (χ4n) is 1.62. The minimum atomic E-state index is 0.628. The molecule has 18 heavy (non-hydrogen) atoms. The van der Waals surface area contributed by atoms with Crippen molar-refractivity contribution in [3.8, 4) is 17.2 Å². The zero-order chi connectivity index (χ0) is 12.4. The summed E-state index contributed by atoms with van der Waals surface area (Å²) in [5.74, 6) is 1.36. The highest BCUT2D eigenvalue weighted by Gasteiger charge is 2.06. The van der Waals surface area contributed by atoms with Gasteiger partial charge >= 0.3 is 0 Å². The van der Waals surface area contributed by atoms with Gasteiger partial charge in [0, 0.05) is 16.8 Å². The summed E-state index contributed by atoms with van der Waals surface area (Å²) in [6.07, 6.45) is 3.36. The number of benzene rings is 1. The van der Waals surface area contributed by atoms with Crippen LogP contribution in [0.2, 0.25) is 5.02 Å². The van der Waals surface area contributed by atoms with Gasteiger partial charge < -0.3 is 0 Å². The van der Waals surface area contributed by atoms with Crippen LogP contribution in [0.1, 0.15) is 0 Å². The Morgan fingerprint density at radius 3 is 2.72 bits per heavy atom. The third kappa shape index (κ3) is 2.10. The second-order valence-electron chi connectivity index (χ2n) is 3.71. The van der Waals surface area contributed by atoms with Crippen LogP contribution in [0.25, 0.3) is 17.2 Å². The number of rotatable bonds is 2. The van der Waals surface area contributed by atoms with Crippen LogP contribution in [0, 0.1) is 0 Å². The molecule has 0 atom stereocenters. The zero-order valence-electron chi connectivity index (χ0n) is 9.36. The molecule has 0 fully saturated rings. The fourth-order valence-corrected chi connectivity index (χ4v) is 1.81. The number of hydrogen-bond acceptors (Lipinski definition) is 3. The molecule has 3 rings (SSSR count). The lowest BCUT2D eigenvalue weighted by atomic mass is 10.2. The summed E-state index contributed by atoms with van der Waals surface area (Å²) in [6.45, 7) is 0. The summed E-state index contributed by atoms with van der Waals surface area (Å²) in [7, 11) is 0. The van der Waals surface area contributed by atoms with E-state index in [0.29, 0.717) is 10.8 Å².